The number of rotatable bonds is 12. The molecule has 6 heteroatoms. The fourth-order valence-electron chi connectivity index (χ4n) is 21.9. The first-order valence-corrected chi connectivity index (χ1v) is 50.6. The van der Waals surface area contributed by atoms with E-state index in [1.54, 1.807) is 0 Å². The van der Waals surface area contributed by atoms with Crippen LogP contribution in [0.5, 0.6) is 0 Å². The molecule has 27 rings (SSSR count). The molecule has 143 heavy (non-hydrogen) atoms. The minimum Gasteiger partial charge on any atom is -0.469 e. The molecule has 0 N–H and O–H groups in total. The van der Waals surface area contributed by atoms with E-state index in [1.165, 1.54) is 218 Å². The first kappa shape index (κ1) is 87.8. The number of hydrogen-bond donors (Lipinski definition) is 0. The van der Waals surface area contributed by atoms with Crippen molar-refractivity contribution in [1.82, 2.24) is 0 Å². The lowest BCUT2D eigenvalue weighted by Crippen LogP contribution is -2.41. The van der Waals surface area contributed by atoms with Crippen molar-refractivity contribution in [3.05, 3.63) is 472 Å². The highest BCUT2D eigenvalue weighted by atomic mass is 32.2. The first-order valence-electron chi connectivity index (χ1n) is 49.8. The van der Waals surface area contributed by atoms with Crippen LogP contribution in [0, 0.1) is 0 Å². The van der Waals surface area contributed by atoms with Gasteiger partial charge in [-0.1, -0.05) is 382 Å². The number of benzene rings is 24. The smallest absolute Gasteiger partial charge is 0.217 e. The maximum absolute atomic E-state index is 6.42. The van der Waals surface area contributed by atoms with Crippen LogP contribution in [0.2, 0.25) is 0 Å². The molecule has 3 aliphatic rings. The van der Waals surface area contributed by atoms with Crippen LogP contribution in [0.25, 0.3) is 229 Å². The summed E-state index contributed by atoms with van der Waals surface area (Å²) in [5.74, 6) is 1.43. The van der Waals surface area contributed by atoms with Crippen LogP contribution in [0.3, 0.4) is 0 Å². The summed E-state index contributed by atoms with van der Waals surface area (Å²) in [6, 6.07) is 167. The van der Waals surface area contributed by atoms with Crippen molar-refractivity contribution in [3.63, 3.8) is 0 Å². The predicted molar refractivity (Wildman–Crippen MR) is 614 cm³/mol. The van der Waals surface area contributed by atoms with Crippen LogP contribution in [0.1, 0.15) is 72.1 Å². The van der Waals surface area contributed by atoms with Gasteiger partial charge in [-0.3, -0.25) is 4.99 Å². The Bertz CT molecular complexity index is 9120. The molecule has 0 aromatic heterocycles. The second-order valence-electron chi connectivity index (χ2n) is 40.8. The topological polar surface area (TPSA) is 55.5 Å². The van der Waals surface area contributed by atoms with E-state index >= 15 is 0 Å². The van der Waals surface area contributed by atoms with Crippen molar-refractivity contribution in [1.29, 1.82) is 0 Å². The van der Waals surface area contributed by atoms with Gasteiger partial charge in [-0.15, -0.1) is 0 Å². The SMILES string of the molecule is CC1(C)CN=C(c2cccc(-c3ccc4c(-c5ccc6ccccc6c5)c5ccccc5c(-c5ccc6ccccc6c5)c4c3)c2)O1.CC1(C)CN=C(c2cccc(-c3ccc4c(-c5ccc6ccccc6c5)c5ccccc5c(-c5ccc6ccccc6c5)c4c3)c2)S1.CC1(C)N=C(c2cccc(-c3ccc4c(-c5ccc6ccccc6c5)c5ccccc5c(-c5ccc6ccccc6c5)c4c3)c2)OC1(C)C. The van der Waals surface area contributed by atoms with Gasteiger partial charge in [-0.2, -0.15) is 0 Å². The van der Waals surface area contributed by atoms with E-state index in [0.717, 1.165) is 45.3 Å². The molecule has 5 nitrogen and oxygen atoms in total. The molecular formula is C137H103N3O2S. The third-order valence-electron chi connectivity index (χ3n) is 29.8. The standard InChI is InChI=1S/C47H37NO.C45H33NO.C45H33NS/c1-46(2)47(3,4)49-45(48-46)38-17-11-16-34(28-38)35-24-25-41-42(29-35)44(37-23-21-31-13-6-8-15-33(31)27-37)40-19-10-9-18-39(40)43(41)36-22-20-30-12-5-7-14-32(30)26-36;2*1-45(2)28-46-44(47-45)37-15-9-14-33(26-37)34-22-23-40-41(27-34)43(36-21-19-30-11-4-6-13-32(30)25-36)39-17-8-7-16-38(39)42(40)35-20-18-29-10-3-5-12-31(29)24-35/h5-29H,1-4H3;2*3-27H,28H2,1-2H3. The highest BCUT2D eigenvalue weighted by Gasteiger charge is 2.46. The maximum Gasteiger partial charge on any atom is 0.217 e. The second-order valence-corrected chi connectivity index (χ2v) is 42.5. The molecule has 0 aliphatic carbocycles. The second kappa shape index (κ2) is 35.3. The number of fused-ring (bicyclic) bond motifs is 12. The Labute approximate surface area is 837 Å². The summed E-state index contributed by atoms with van der Waals surface area (Å²) >= 11 is 1.88. The van der Waals surface area contributed by atoms with Gasteiger partial charge in [0.25, 0.3) is 0 Å². The number of aliphatic imine (C=N–C) groups is 3. The highest BCUT2D eigenvalue weighted by Crippen LogP contribution is 2.52. The van der Waals surface area contributed by atoms with E-state index in [4.69, 9.17) is 24.5 Å². The summed E-state index contributed by atoms with van der Waals surface area (Å²) < 4.78 is 12.8. The zero-order valence-corrected chi connectivity index (χ0v) is 82.1. The first-order chi connectivity index (χ1) is 69.8. The fourth-order valence-corrected chi connectivity index (χ4v) is 22.9. The van der Waals surface area contributed by atoms with Crippen molar-refractivity contribution < 1.29 is 9.47 Å². The maximum atomic E-state index is 6.42. The van der Waals surface area contributed by atoms with E-state index < -0.39 is 0 Å². The molecule has 24 aromatic rings. The summed E-state index contributed by atoms with van der Waals surface area (Å²) in [5.41, 5.74) is 24.2. The minimum atomic E-state index is -0.379. The third-order valence-corrected chi connectivity index (χ3v) is 31.0. The van der Waals surface area contributed by atoms with Crippen molar-refractivity contribution >= 4 is 158 Å². The van der Waals surface area contributed by atoms with Crippen molar-refractivity contribution in [2.45, 2.75) is 76.9 Å². The van der Waals surface area contributed by atoms with E-state index in [0.29, 0.717) is 12.4 Å². The van der Waals surface area contributed by atoms with Crippen LogP contribution in [-0.2, 0) is 9.47 Å². The number of thioether (sulfide) groups is 1. The minimum absolute atomic E-state index is 0.142. The van der Waals surface area contributed by atoms with E-state index in [2.05, 4.69) is 510 Å². The van der Waals surface area contributed by atoms with Gasteiger partial charge in [0.1, 0.15) is 11.2 Å². The number of ether oxygens (including phenoxy) is 2. The molecule has 0 amide bonds. The Morgan fingerprint density at radius 1 is 0.189 bits per heavy atom. The summed E-state index contributed by atoms with van der Waals surface area (Å²) in [6.07, 6.45) is 0. The van der Waals surface area contributed by atoms with Gasteiger partial charge in [0.2, 0.25) is 11.8 Å². The third kappa shape index (κ3) is 16.3. The summed E-state index contributed by atoms with van der Waals surface area (Å²) in [5, 5.41) is 31.1. The van der Waals surface area contributed by atoms with Gasteiger partial charge in [0.15, 0.2) is 0 Å². The average molecular weight is 1860 g/mol. The Morgan fingerprint density at radius 2 is 0.434 bits per heavy atom. The molecule has 0 atom stereocenters. The molecule has 684 valence electrons. The summed E-state index contributed by atoms with van der Waals surface area (Å²) in [7, 11) is 0. The highest BCUT2D eigenvalue weighted by molar-refractivity contribution is 8.15. The molecule has 3 aliphatic heterocycles. The van der Waals surface area contributed by atoms with Crippen LogP contribution in [0.4, 0.5) is 0 Å². The molecule has 0 saturated heterocycles. The molecular weight excluding hydrogens is 1750 g/mol. The Morgan fingerprint density at radius 3 is 0.706 bits per heavy atom. The fraction of sp³-hybridized carbons (Fsp3) is 0.102. The van der Waals surface area contributed by atoms with Gasteiger partial charge < -0.3 is 9.47 Å². The average Bonchev–Trinajstić information content (AvgIpc) is 1.69. The van der Waals surface area contributed by atoms with Gasteiger partial charge in [-0.25, -0.2) is 9.98 Å². The van der Waals surface area contributed by atoms with Gasteiger partial charge in [-0.05, 0) is 370 Å². The Kier molecular flexibility index (Phi) is 21.7. The zero-order chi connectivity index (χ0) is 96.4. The Hall–Kier alpha value is -16.6. The largest absolute Gasteiger partial charge is 0.469 e. The van der Waals surface area contributed by atoms with Crippen molar-refractivity contribution in [3.8, 4) is 100 Å². The molecule has 0 spiro atoms. The van der Waals surface area contributed by atoms with E-state index in [9.17, 15) is 0 Å². The quantitative estimate of drug-likeness (QED) is 0.115. The summed E-state index contributed by atoms with van der Waals surface area (Å²) in [4.78, 5) is 14.6. The lowest BCUT2D eigenvalue weighted by molar-refractivity contribution is 0.0619. The normalized spacial score (nSPS) is 14.5. The molecule has 24 aromatic carbocycles. The van der Waals surface area contributed by atoms with Crippen molar-refractivity contribution in [2.24, 2.45) is 15.0 Å². The number of hydrogen-bond acceptors (Lipinski definition) is 6. The molecule has 0 unspecified atom stereocenters. The lowest BCUT2D eigenvalue weighted by atomic mass is 9.84. The van der Waals surface area contributed by atoms with Crippen LogP contribution in [0.15, 0.2) is 470 Å². The summed E-state index contributed by atoms with van der Waals surface area (Å²) in [6.45, 7) is 18.7. The van der Waals surface area contributed by atoms with Crippen LogP contribution < -0.4 is 0 Å². The monoisotopic (exact) mass is 1850 g/mol. The Balaban J connectivity index is 0.000000113. The van der Waals surface area contributed by atoms with Crippen LogP contribution in [-0.4, -0.2) is 51.4 Å². The van der Waals surface area contributed by atoms with E-state index in [-0.39, 0.29) is 21.5 Å². The molecule has 0 fully saturated rings. The van der Waals surface area contributed by atoms with Gasteiger partial charge in [0.05, 0.1) is 23.7 Å². The zero-order valence-electron chi connectivity index (χ0n) is 81.3. The van der Waals surface area contributed by atoms with Gasteiger partial charge in [0, 0.05) is 21.4 Å². The van der Waals surface area contributed by atoms with Gasteiger partial charge >= 0.3 is 0 Å². The van der Waals surface area contributed by atoms with E-state index in [1.807, 2.05) is 11.8 Å². The number of nitrogens with zero attached hydrogens (tertiary/aromatic N) is 3. The predicted octanol–water partition coefficient (Wildman–Crippen LogP) is 37.1. The molecule has 0 radical (unpaired) electrons. The molecule has 0 bridgehead atoms. The molecule has 0 saturated carbocycles. The van der Waals surface area contributed by atoms with Crippen molar-refractivity contribution in [2.75, 3.05) is 13.1 Å². The molecule has 3 heterocycles. The van der Waals surface area contributed by atoms with Crippen LogP contribution >= 0.6 is 11.8 Å². The lowest BCUT2D eigenvalue weighted by Gasteiger charge is -2.30.